The number of nitrogens with zero attached hydrogens (tertiary/aromatic N) is 1. The molecule has 8 heteroatoms. The Hall–Kier alpha value is -3.13. The van der Waals surface area contributed by atoms with Gasteiger partial charge < -0.3 is 20.1 Å². The third kappa shape index (κ3) is 4.32. The van der Waals surface area contributed by atoms with Crippen molar-refractivity contribution in [3.8, 4) is 17.2 Å². The molecule has 0 saturated carbocycles. The number of piperidine rings is 1. The average molecular weight is 397 g/mol. The second kappa shape index (κ2) is 8.08. The summed E-state index contributed by atoms with van der Waals surface area (Å²) in [6.45, 7) is 0. The number of benzene rings is 2. The summed E-state index contributed by atoms with van der Waals surface area (Å²) in [6, 6.07) is 11.9. The van der Waals surface area contributed by atoms with Crippen LogP contribution < -0.4 is 20.1 Å². The van der Waals surface area contributed by atoms with Crippen LogP contribution in [0, 0.1) is 10.1 Å². The quantitative estimate of drug-likeness (QED) is 0.572. The van der Waals surface area contributed by atoms with Crippen molar-refractivity contribution in [1.82, 2.24) is 10.6 Å². The maximum Gasteiger partial charge on any atom is 0.270 e. The third-order valence-corrected chi connectivity index (χ3v) is 5.51. The number of ether oxygens (including phenoxy) is 2. The van der Waals surface area contributed by atoms with Crippen LogP contribution in [0.25, 0.3) is 0 Å². The lowest BCUT2D eigenvalue weighted by molar-refractivity contribution is -0.384. The number of nitrogens with one attached hydrogen (secondary N) is 2. The van der Waals surface area contributed by atoms with Gasteiger partial charge in [0.1, 0.15) is 17.2 Å². The van der Waals surface area contributed by atoms with E-state index in [9.17, 15) is 14.9 Å². The first-order valence-electron chi connectivity index (χ1n) is 9.69. The van der Waals surface area contributed by atoms with E-state index >= 15 is 0 Å². The first-order valence-corrected chi connectivity index (χ1v) is 9.69. The number of non-ortho nitro benzene ring substituents is 1. The lowest BCUT2D eigenvalue weighted by Gasteiger charge is -2.29. The van der Waals surface area contributed by atoms with Gasteiger partial charge in [-0.05, 0) is 56.0 Å². The van der Waals surface area contributed by atoms with Crippen LogP contribution in [-0.4, -0.2) is 36.1 Å². The van der Waals surface area contributed by atoms with Gasteiger partial charge in [-0.25, -0.2) is 0 Å². The highest BCUT2D eigenvalue weighted by atomic mass is 16.6. The van der Waals surface area contributed by atoms with Gasteiger partial charge in [0, 0.05) is 30.3 Å². The largest absolute Gasteiger partial charge is 0.497 e. The summed E-state index contributed by atoms with van der Waals surface area (Å²) in [6.07, 6.45) is 3.98. The Morgan fingerprint density at radius 2 is 1.76 bits per heavy atom. The van der Waals surface area contributed by atoms with E-state index in [-0.39, 0.29) is 28.9 Å². The van der Waals surface area contributed by atoms with Gasteiger partial charge in [0.05, 0.1) is 17.6 Å². The van der Waals surface area contributed by atoms with Crippen molar-refractivity contribution in [3.05, 3.63) is 58.1 Å². The van der Waals surface area contributed by atoms with Crippen LogP contribution in [0.3, 0.4) is 0 Å². The Bertz CT molecular complexity index is 903. The molecule has 2 saturated heterocycles. The molecule has 2 N–H and O–H groups in total. The number of hydrogen-bond donors (Lipinski definition) is 2. The fraction of sp³-hybridized carbons (Fsp3) is 0.381. The van der Waals surface area contributed by atoms with Crippen LogP contribution in [-0.2, 0) is 0 Å². The number of carbonyl (C=O) groups excluding carboxylic acids is 1. The molecule has 29 heavy (non-hydrogen) atoms. The van der Waals surface area contributed by atoms with Crippen LogP contribution in [0.1, 0.15) is 36.0 Å². The molecule has 8 nitrogen and oxygen atoms in total. The third-order valence-electron chi connectivity index (χ3n) is 5.51. The molecule has 2 unspecified atom stereocenters. The minimum atomic E-state index is -0.515. The summed E-state index contributed by atoms with van der Waals surface area (Å²) >= 11 is 0. The Kier molecular flexibility index (Phi) is 5.35. The molecule has 0 aromatic heterocycles. The monoisotopic (exact) mass is 397 g/mol. The number of nitro groups is 1. The standard InChI is InChI=1S/C21H23N3O5/c1-28-17-5-7-18(8-6-17)29-20-9-4-16(24(26)27)12-19(20)21(25)23-15-10-13-2-3-14(11-15)22-13/h4-9,12-15,22H,2-3,10-11H2,1H3,(H,23,25). The van der Waals surface area contributed by atoms with Crippen LogP contribution >= 0.6 is 0 Å². The lowest BCUT2D eigenvalue weighted by Crippen LogP contribution is -2.48. The lowest BCUT2D eigenvalue weighted by atomic mass is 9.99. The molecule has 2 fully saturated rings. The summed E-state index contributed by atoms with van der Waals surface area (Å²) in [5.74, 6) is 1.10. The zero-order chi connectivity index (χ0) is 20.4. The summed E-state index contributed by atoms with van der Waals surface area (Å²) in [7, 11) is 1.57. The summed E-state index contributed by atoms with van der Waals surface area (Å²) < 4.78 is 11.0. The van der Waals surface area contributed by atoms with Gasteiger partial charge in [-0.2, -0.15) is 0 Å². The highest BCUT2D eigenvalue weighted by Crippen LogP contribution is 2.31. The molecule has 4 rings (SSSR count). The Morgan fingerprint density at radius 1 is 1.10 bits per heavy atom. The molecule has 2 aromatic carbocycles. The van der Waals surface area contributed by atoms with Crippen LogP contribution in [0.15, 0.2) is 42.5 Å². The number of nitro benzene ring substituents is 1. The SMILES string of the molecule is COc1ccc(Oc2ccc([N+](=O)[O-])cc2C(=O)NC2CC3CCC(C2)N3)cc1. The van der Waals surface area contributed by atoms with Gasteiger partial charge in [0.25, 0.3) is 11.6 Å². The second-order valence-corrected chi connectivity index (χ2v) is 7.49. The van der Waals surface area contributed by atoms with Crippen molar-refractivity contribution in [3.63, 3.8) is 0 Å². The fourth-order valence-electron chi connectivity index (χ4n) is 4.11. The van der Waals surface area contributed by atoms with Crippen molar-refractivity contribution in [2.45, 2.75) is 43.8 Å². The number of methoxy groups -OCH3 is 1. The van der Waals surface area contributed by atoms with Crippen molar-refractivity contribution < 1.29 is 19.2 Å². The zero-order valence-electron chi connectivity index (χ0n) is 16.1. The van der Waals surface area contributed by atoms with E-state index < -0.39 is 4.92 Å². The predicted molar refractivity (Wildman–Crippen MR) is 107 cm³/mol. The molecule has 2 aromatic rings. The molecular weight excluding hydrogens is 374 g/mol. The van der Waals surface area contributed by atoms with Crippen LogP contribution in [0.5, 0.6) is 17.2 Å². The first kappa shape index (κ1) is 19.2. The molecular formula is C21H23N3O5. The molecule has 152 valence electrons. The number of fused-ring (bicyclic) bond motifs is 2. The number of amides is 1. The van der Waals surface area contributed by atoms with E-state index in [1.54, 1.807) is 31.4 Å². The molecule has 0 aliphatic carbocycles. The Morgan fingerprint density at radius 3 is 2.38 bits per heavy atom. The molecule has 2 aliphatic rings. The Labute approximate surface area is 168 Å². The van der Waals surface area contributed by atoms with Gasteiger partial charge in [-0.1, -0.05) is 0 Å². The topological polar surface area (TPSA) is 103 Å². The highest BCUT2D eigenvalue weighted by Gasteiger charge is 2.34. The van der Waals surface area contributed by atoms with E-state index in [0.29, 0.717) is 23.6 Å². The molecule has 2 aliphatic heterocycles. The van der Waals surface area contributed by atoms with Crippen molar-refractivity contribution in [2.24, 2.45) is 0 Å². The van der Waals surface area contributed by atoms with Crippen molar-refractivity contribution in [2.75, 3.05) is 7.11 Å². The van der Waals surface area contributed by atoms with Crippen molar-refractivity contribution >= 4 is 11.6 Å². The summed E-state index contributed by atoms with van der Waals surface area (Å²) in [5, 5.41) is 17.8. The van der Waals surface area contributed by atoms with Crippen LogP contribution in [0.4, 0.5) is 5.69 Å². The molecule has 0 spiro atoms. The number of hydrogen-bond acceptors (Lipinski definition) is 6. The highest BCUT2D eigenvalue weighted by molar-refractivity contribution is 5.98. The van der Waals surface area contributed by atoms with E-state index in [1.165, 1.54) is 18.2 Å². The van der Waals surface area contributed by atoms with Gasteiger partial charge in [-0.3, -0.25) is 14.9 Å². The smallest absolute Gasteiger partial charge is 0.270 e. The van der Waals surface area contributed by atoms with Crippen molar-refractivity contribution in [1.29, 1.82) is 0 Å². The molecule has 2 atom stereocenters. The number of carbonyl (C=O) groups is 1. The maximum absolute atomic E-state index is 13.0. The van der Waals surface area contributed by atoms with Gasteiger partial charge in [0.2, 0.25) is 0 Å². The van der Waals surface area contributed by atoms with E-state index in [0.717, 1.165) is 25.7 Å². The van der Waals surface area contributed by atoms with Gasteiger partial charge in [0.15, 0.2) is 0 Å². The average Bonchev–Trinajstić information content (AvgIpc) is 3.06. The zero-order valence-corrected chi connectivity index (χ0v) is 16.1. The second-order valence-electron chi connectivity index (χ2n) is 7.49. The normalized spacial score (nSPS) is 22.7. The molecule has 0 radical (unpaired) electrons. The van der Waals surface area contributed by atoms with E-state index in [2.05, 4.69) is 10.6 Å². The van der Waals surface area contributed by atoms with E-state index in [4.69, 9.17) is 9.47 Å². The summed E-state index contributed by atoms with van der Waals surface area (Å²) in [4.78, 5) is 23.7. The predicted octanol–water partition coefficient (Wildman–Crippen LogP) is 3.41. The molecule has 1 amide bonds. The fourth-order valence-corrected chi connectivity index (χ4v) is 4.11. The van der Waals surface area contributed by atoms with Gasteiger partial charge >= 0.3 is 0 Å². The number of rotatable bonds is 6. The summed E-state index contributed by atoms with van der Waals surface area (Å²) in [5.41, 5.74) is 0.00325. The Balaban J connectivity index is 1.56. The molecule has 2 bridgehead atoms. The minimum absolute atomic E-state index is 0.0503. The maximum atomic E-state index is 13.0. The minimum Gasteiger partial charge on any atom is -0.497 e. The van der Waals surface area contributed by atoms with Gasteiger partial charge in [-0.15, -0.1) is 0 Å². The van der Waals surface area contributed by atoms with Crippen LogP contribution in [0.2, 0.25) is 0 Å². The molecule has 2 heterocycles. The van der Waals surface area contributed by atoms with E-state index in [1.807, 2.05) is 0 Å². The first-order chi connectivity index (χ1) is 14.0.